The number of esters is 1. The summed E-state index contributed by atoms with van der Waals surface area (Å²) in [6.07, 6.45) is 1.65. The van der Waals surface area contributed by atoms with Crippen molar-refractivity contribution in [3.05, 3.63) is 70.8 Å². The minimum absolute atomic E-state index is 0.188. The molecule has 132 valence electrons. The number of ether oxygens (including phenoxy) is 1. The number of phenolic OH excluding ortho intramolecular Hbond substituents is 1. The Kier molecular flexibility index (Phi) is 5.36. The van der Waals surface area contributed by atoms with Crippen molar-refractivity contribution >= 4 is 5.97 Å². The highest BCUT2D eigenvalue weighted by molar-refractivity contribution is 5.84. The van der Waals surface area contributed by atoms with Gasteiger partial charge in [-0.1, -0.05) is 63.2 Å². The summed E-state index contributed by atoms with van der Waals surface area (Å²) in [4.78, 5) is 11.9. The van der Waals surface area contributed by atoms with Gasteiger partial charge < -0.3 is 9.84 Å². The van der Waals surface area contributed by atoms with E-state index in [1.807, 2.05) is 44.2 Å². The average Bonchev–Trinajstić information content (AvgIpc) is 2.52. The molecule has 1 N–H and O–H groups in total. The molecule has 0 radical (unpaired) electrons. The van der Waals surface area contributed by atoms with Crippen molar-refractivity contribution in [3.63, 3.8) is 0 Å². The molecule has 2 rings (SSSR count). The van der Waals surface area contributed by atoms with Crippen LogP contribution < -0.4 is 4.74 Å². The van der Waals surface area contributed by atoms with Crippen LogP contribution in [0.2, 0.25) is 0 Å². The van der Waals surface area contributed by atoms with Crippen molar-refractivity contribution in [2.75, 3.05) is 0 Å². The van der Waals surface area contributed by atoms with Gasteiger partial charge >= 0.3 is 5.97 Å². The molecule has 0 aliphatic heterocycles. The van der Waals surface area contributed by atoms with Crippen LogP contribution in [0.4, 0.5) is 0 Å². The van der Waals surface area contributed by atoms with Gasteiger partial charge in [0.15, 0.2) is 0 Å². The first kappa shape index (κ1) is 18.8. The van der Waals surface area contributed by atoms with Crippen LogP contribution in [0.5, 0.6) is 11.5 Å². The highest BCUT2D eigenvalue weighted by atomic mass is 16.5. The highest BCUT2D eigenvalue weighted by Crippen LogP contribution is 2.37. The van der Waals surface area contributed by atoms with Crippen LogP contribution in [0.25, 0.3) is 0 Å². The zero-order chi connectivity index (χ0) is 18.8. The van der Waals surface area contributed by atoms with Gasteiger partial charge in [0, 0.05) is 18.1 Å². The third-order valence-corrected chi connectivity index (χ3v) is 4.19. The molecule has 2 aromatic rings. The van der Waals surface area contributed by atoms with Gasteiger partial charge in [0.1, 0.15) is 11.5 Å². The van der Waals surface area contributed by atoms with E-state index in [9.17, 15) is 9.90 Å². The Morgan fingerprint density at radius 3 is 2.48 bits per heavy atom. The topological polar surface area (TPSA) is 46.5 Å². The van der Waals surface area contributed by atoms with Crippen LogP contribution in [0, 0.1) is 13.8 Å². The lowest BCUT2D eigenvalue weighted by Gasteiger charge is -2.25. The minimum Gasteiger partial charge on any atom is -0.507 e. The minimum atomic E-state index is -0.482. The summed E-state index contributed by atoms with van der Waals surface area (Å²) in [6.45, 7) is 13.6. The van der Waals surface area contributed by atoms with E-state index in [1.54, 1.807) is 0 Å². The van der Waals surface area contributed by atoms with E-state index in [0.29, 0.717) is 12.2 Å². The quantitative estimate of drug-likeness (QED) is 0.485. The lowest BCUT2D eigenvalue weighted by Crippen LogP contribution is -2.17. The fourth-order valence-corrected chi connectivity index (χ4v) is 2.87. The third kappa shape index (κ3) is 4.30. The lowest BCUT2D eigenvalue weighted by atomic mass is 9.83. The summed E-state index contributed by atoms with van der Waals surface area (Å²) in [5.74, 6) is 0.357. The molecule has 3 heteroatoms. The highest BCUT2D eigenvalue weighted by Gasteiger charge is 2.24. The van der Waals surface area contributed by atoms with Gasteiger partial charge in [0.2, 0.25) is 0 Å². The summed E-state index contributed by atoms with van der Waals surface area (Å²) in [6, 6.07) is 9.73. The molecule has 2 aromatic carbocycles. The maximum atomic E-state index is 11.9. The van der Waals surface area contributed by atoms with Gasteiger partial charge in [-0.2, -0.15) is 0 Å². The summed E-state index contributed by atoms with van der Waals surface area (Å²) in [7, 11) is 0. The Bertz CT molecular complexity index is 811. The van der Waals surface area contributed by atoms with Gasteiger partial charge in [0.05, 0.1) is 0 Å². The molecule has 0 saturated carbocycles. The number of hydrogen-bond acceptors (Lipinski definition) is 3. The molecule has 0 fully saturated rings. The summed E-state index contributed by atoms with van der Waals surface area (Å²) >= 11 is 0. The zero-order valence-corrected chi connectivity index (χ0v) is 15.6. The molecule has 3 nitrogen and oxygen atoms in total. The van der Waals surface area contributed by atoms with Crippen molar-refractivity contribution in [1.82, 2.24) is 0 Å². The normalized spacial score (nSPS) is 11.2. The SMILES string of the molecule is C=CC(=O)Oc1c(Cc2cccc(C)c2O)cc(C)cc1C(C)(C)C. The van der Waals surface area contributed by atoms with Crippen molar-refractivity contribution in [1.29, 1.82) is 0 Å². The third-order valence-electron chi connectivity index (χ3n) is 4.19. The fraction of sp³-hybridized carbons (Fsp3) is 0.318. The van der Waals surface area contributed by atoms with Crippen LogP contribution in [-0.4, -0.2) is 11.1 Å². The second kappa shape index (κ2) is 7.14. The molecular weight excluding hydrogens is 312 g/mol. The van der Waals surface area contributed by atoms with E-state index in [1.165, 1.54) is 6.08 Å². The van der Waals surface area contributed by atoms with E-state index >= 15 is 0 Å². The lowest BCUT2D eigenvalue weighted by molar-refractivity contribution is -0.129. The molecular formula is C22H26O3. The summed E-state index contributed by atoms with van der Waals surface area (Å²) in [5, 5.41) is 10.4. The smallest absolute Gasteiger partial charge is 0.335 e. The second-order valence-electron chi connectivity index (χ2n) is 7.44. The molecule has 25 heavy (non-hydrogen) atoms. The van der Waals surface area contributed by atoms with Gasteiger partial charge in [0.25, 0.3) is 0 Å². The average molecular weight is 338 g/mol. The van der Waals surface area contributed by atoms with Crippen LogP contribution in [0.15, 0.2) is 43.0 Å². The summed E-state index contributed by atoms with van der Waals surface area (Å²) in [5.41, 5.74) is 4.37. The maximum absolute atomic E-state index is 11.9. The first-order valence-corrected chi connectivity index (χ1v) is 8.39. The number of aryl methyl sites for hydroxylation is 2. The number of hydrogen-bond donors (Lipinski definition) is 1. The second-order valence-corrected chi connectivity index (χ2v) is 7.44. The Hall–Kier alpha value is -2.55. The Balaban J connectivity index is 2.62. The predicted octanol–water partition coefficient (Wildman–Crippen LogP) is 4.99. The number of phenols is 1. The van der Waals surface area contributed by atoms with Crippen molar-refractivity contribution in [2.24, 2.45) is 0 Å². The molecule has 0 atom stereocenters. The summed E-state index contributed by atoms with van der Waals surface area (Å²) < 4.78 is 5.61. The molecule has 0 unspecified atom stereocenters. The van der Waals surface area contributed by atoms with Gasteiger partial charge in [-0.15, -0.1) is 0 Å². The first-order chi connectivity index (χ1) is 11.6. The number of carbonyl (C=O) groups is 1. The Morgan fingerprint density at radius 1 is 1.20 bits per heavy atom. The number of para-hydroxylation sites is 1. The number of aromatic hydroxyl groups is 1. The number of rotatable bonds is 4. The van der Waals surface area contributed by atoms with E-state index in [4.69, 9.17) is 4.74 Å². The van der Waals surface area contributed by atoms with Gasteiger partial charge in [-0.25, -0.2) is 4.79 Å². The van der Waals surface area contributed by atoms with Gasteiger partial charge in [-0.05, 0) is 36.0 Å². The van der Waals surface area contributed by atoms with Crippen LogP contribution >= 0.6 is 0 Å². The molecule has 0 aromatic heterocycles. The molecule has 0 spiro atoms. The zero-order valence-electron chi connectivity index (χ0n) is 15.6. The van der Waals surface area contributed by atoms with E-state index in [0.717, 1.165) is 27.8 Å². The van der Waals surface area contributed by atoms with E-state index in [-0.39, 0.29) is 11.2 Å². The van der Waals surface area contributed by atoms with Crippen LogP contribution in [0.3, 0.4) is 0 Å². The van der Waals surface area contributed by atoms with Crippen LogP contribution in [-0.2, 0) is 16.6 Å². The Labute approximate surface area is 150 Å². The monoisotopic (exact) mass is 338 g/mol. The van der Waals surface area contributed by atoms with Crippen LogP contribution in [0.1, 0.15) is 48.6 Å². The molecule has 0 saturated heterocycles. The van der Waals surface area contributed by atoms with Crippen molar-refractivity contribution < 1.29 is 14.6 Å². The molecule has 0 aliphatic rings. The van der Waals surface area contributed by atoms with Gasteiger partial charge in [-0.3, -0.25) is 0 Å². The first-order valence-electron chi connectivity index (χ1n) is 8.39. The molecule has 0 heterocycles. The largest absolute Gasteiger partial charge is 0.507 e. The molecule has 0 amide bonds. The molecule has 0 bridgehead atoms. The fourth-order valence-electron chi connectivity index (χ4n) is 2.87. The molecule has 0 aliphatic carbocycles. The standard InChI is InChI=1S/C22H26O3/c1-7-19(23)25-21-17(11-14(2)12-18(21)22(4,5)6)13-16-10-8-9-15(3)20(16)24/h7-12,24H,1,13H2,2-6H3. The predicted molar refractivity (Wildman–Crippen MR) is 101 cm³/mol. The van der Waals surface area contributed by atoms with E-state index in [2.05, 4.69) is 27.4 Å². The number of benzene rings is 2. The number of carbonyl (C=O) groups excluding carboxylic acids is 1. The van der Waals surface area contributed by atoms with E-state index < -0.39 is 5.97 Å². The van der Waals surface area contributed by atoms with Crippen molar-refractivity contribution in [2.45, 2.75) is 46.5 Å². The maximum Gasteiger partial charge on any atom is 0.335 e. The Morgan fingerprint density at radius 2 is 1.88 bits per heavy atom. The van der Waals surface area contributed by atoms with Crippen molar-refractivity contribution in [3.8, 4) is 11.5 Å².